The fraction of sp³-hybridized carbons (Fsp3) is 0.409. The topological polar surface area (TPSA) is 81.7 Å². The summed E-state index contributed by atoms with van der Waals surface area (Å²) in [4.78, 5) is 38.5. The van der Waals surface area contributed by atoms with Crippen LogP contribution < -0.4 is 5.32 Å². The van der Waals surface area contributed by atoms with Crippen LogP contribution in [0.15, 0.2) is 52.9 Å². The van der Waals surface area contributed by atoms with Crippen LogP contribution in [-0.2, 0) is 23.9 Å². The number of ether oxygens (including phenoxy) is 2. The number of Topliss-reactive ketones (excluding diaryl/α,β-unsaturated/α-hetero) is 1. The number of nitrogens with one attached hydrogen (secondary N) is 1. The standard InChI is InChI=1S/C22H25NO5/c1-5-28-22(26)17-13(3)23-15-11-12(2)16(21(25)27-4)20(24)19(15)18(17)14-9-7-6-8-10-14/h6-10,12,16,18,23H,5,11H2,1-4H3/t12-,16+,18+/m1/s1. The highest BCUT2D eigenvalue weighted by Gasteiger charge is 2.47. The summed E-state index contributed by atoms with van der Waals surface area (Å²) in [7, 11) is 1.29. The van der Waals surface area contributed by atoms with Gasteiger partial charge in [0.25, 0.3) is 0 Å². The normalized spacial score (nSPS) is 24.4. The van der Waals surface area contributed by atoms with Crippen molar-refractivity contribution >= 4 is 17.7 Å². The molecule has 0 saturated carbocycles. The maximum Gasteiger partial charge on any atom is 0.336 e. The molecule has 3 atom stereocenters. The number of esters is 2. The number of ketones is 1. The van der Waals surface area contributed by atoms with Crippen LogP contribution >= 0.6 is 0 Å². The van der Waals surface area contributed by atoms with Crippen LogP contribution in [0.25, 0.3) is 0 Å². The molecule has 148 valence electrons. The Morgan fingerprint density at radius 3 is 2.50 bits per heavy atom. The van der Waals surface area contributed by atoms with Gasteiger partial charge in [-0.2, -0.15) is 0 Å². The summed E-state index contributed by atoms with van der Waals surface area (Å²) in [6, 6.07) is 9.37. The molecule has 0 amide bonds. The molecule has 1 aromatic carbocycles. The summed E-state index contributed by atoms with van der Waals surface area (Å²) in [5, 5.41) is 3.23. The van der Waals surface area contributed by atoms with Gasteiger partial charge in [0.15, 0.2) is 5.78 Å². The van der Waals surface area contributed by atoms with E-state index in [1.165, 1.54) is 7.11 Å². The van der Waals surface area contributed by atoms with Gasteiger partial charge in [0.05, 0.1) is 19.3 Å². The summed E-state index contributed by atoms with van der Waals surface area (Å²) in [5.74, 6) is -2.95. The maximum absolute atomic E-state index is 13.4. The molecule has 1 aromatic rings. The van der Waals surface area contributed by atoms with E-state index in [1.807, 2.05) is 44.2 Å². The highest BCUT2D eigenvalue weighted by molar-refractivity contribution is 6.12. The number of carbonyl (C=O) groups is 3. The van der Waals surface area contributed by atoms with Crippen molar-refractivity contribution < 1.29 is 23.9 Å². The van der Waals surface area contributed by atoms with Crippen LogP contribution in [0.3, 0.4) is 0 Å². The van der Waals surface area contributed by atoms with Crippen molar-refractivity contribution in [3.05, 3.63) is 58.4 Å². The molecule has 0 spiro atoms. The van der Waals surface area contributed by atoms with Gasteiger partial charge in [-0.1, -0.05) is 37.3 Å². The van der Waals surface area contributed by atoms with Crippen LogP contribution in [0.1, 0.15) is 38.7 Å². The highest BCUT2D eigenvalue weighted by Crippen LogP contribution is 2.45. The fourth-order valence-corrected chi connectivity index (χ4v) is 4.14. The van der Waals surface area contributed by atoms with E-state index in [1.54, 1.807) is 6.92 Å². The van der Waals surface area contributed by atoms with Gasteiger partial charge in [-0.15, -0.1) is 0 Å². The van der Waals surface area contributed by atoms with Crippen molar-refractivity contribution in [1.82, 2.24) is 5.32 Å². The zero-order valence-electron chi connectivity index (χ0n) is 16.6. The van der Waals surface area contributed by atoms with Gasteiger partial charge in [0.1, 0.15) is 5.92 Å². The van der Waals surface area contributed by atoms with Gasteiger partial charge >= 0.3 is 11.9 Å². The zero-order valence-corrected chi connectivity index (χ0v) is 16.6. The molecule has 0 saturated heterocycles. The molecule has 2 aliphatic rings. The Kier molecular flexibility index (Phi) is 5.68. The number of benzene rings is 1. The van der Waals surface area contributed by atoms with Gasteiger partial charge < -0.3 is 14.8 Å². The Balaban J connectivity index is 2.17. The molecule has 1 N–H and O–H groups in total. The first-order chi connectivity index (χ1) is 13.4. The average Bonchev–Trinajstić information content (AvgIpc) is 2.67. The predicted octanol–water partition coefficient (Wildman–Crippen LogP) is 2.86. The lowest BCUT2D eigenvalue weighted by molar-refractivity contribution is -0.151. The van der Waals surface area contributed by atoms with Gasteiger partial charge in [-0.05, 0) is 31.7 Å². The number of dihydropyridines is 1. The van der Waals surface area contributed by atoms with Crippen molar-refractivity contribution in [2.24, 2.45) is 11.8 Å². The summed E-state index contributed by atoms with van der Waals surface area (Å²) in [6.45, 7) is 5.65. The Bertz CT molecular complexity index is 868. The van der Waals surface area contributed by atoms with E-state index in [0.29, 0.717) is 23.3 Å². The first-order valence-electron chi connectivity index (χ1n) is 9.45. The van der Waals surface area contributed by atoms with E-state index >= 15 is 0 Å². The highest BCUT2D eigenvalue weighted by atomic mass is 16.5. The number of carbonyl (C=O) groups excluding carboxylic acids is 3. The SMILES string of the molecule is CCOC(=O)C1=C(C)NC2=C(C(=O)[C@@H](C(=O)OC)[C@H](C)C2)[C@H]1c1ccccc1. The first kappa shape index (κ1) is 19.9. The number of hydrogen-bond acceptors (Lipinski definition) is 6. The molecule has 0 unspecified atom stereocenters. The number of allylic oxidation sites excluding steroid dienone is 3. The third kappa shape index (κ3) is 3.35. The van der Waals surface area contributed by atoms with E-state index in [0.717, 1.165) is 11.3 Å². The monoisotopic (exact) mass is 383 g/mol. The minimum absolute atomic E-state index is 0.195. The summed E-state index contributed by atoms with van der Waals surface area (Å²) < 4.78 is 10.2. The van der Waals surface area contributed by atoms with Gasteiger partial charge in [0, 0.05) is 22.9 Å². The van der Waals surface area contributed by atoms with E-state index in [2.05, 4.69) is 5.32 Å². The van der Waals surface area contributed by atoms with Crippen molar-refractivity contribution in [2.45, 2.75) is 33.1 Å². The molecule has 6 nitrogen and oxygen atoms in total. The minimum Gasteiger partial charge on any atom is -0.468 e. The van der Waals surface area contributed by atoms with E-state index in [4.69, 9.17) is 9.47 Å². The minimum atomic E-state index is -0.876. The van der Waals surface area contributed by atoms with Crippen molar-refractivity contribution in [3.63, 3.8) is 0 Å². The smallest absolute Gasteiger partial charge is 0.336 e. The third-order valence-electron chi connectivity index (χ3n) is 5.37. The molecule has 1 aliphatic carbocycles. The summed E-state index contributed by atoms with van der Waals surface area (Å²) >= 11 is 0. The number of rotatable bonds is 4. The molecule has 6 heteroatoms. The van der Waals surface area contributed by atoms with Crippen LogP contribution in [0.2, 0.25) is 0 Å². The van der Waals surface area contributed by atoms with Crippen LogP contribution in [0.4, 0.5) is 0 Å². The van der Waals surface area contributed by atoms with E-state index in [-0.39, 0.29) is 18.3 Å². The van der Waals surface area contributed by atoms with Crippen molar-refractivity contribution in [1.29, 1.82) is 0 Å². The second-order valence-electron chi connectivity index (χ2n) is 7.17. The summed E-state index contributed by atoms with van der Waals surface area (Å²) in [6.07, 6.45) is 0.525. The lowest BCUT2D eigenvalue weighted by Crippen LogP contribution is -2.43. The Morgan fingerprint density at radius 1 is 1.21 bits per heavy atom. The van der Waals surface area contributed by atoms with Gasteiger partial charge in [-0.3, -0.25) is 9.59 Å². The van der Waals surface area contributed by atoms with Gasteiger partial charge in [0.2, 0.25) is 0 Å². The van der Waals surface area contributed by atoms with E-state index in [9.17, 15) is 14.4 Å². The molecule has 1 heterocycles. The second-order valence-corrected chi connectivity index (χ2v) is 7.17. The Hall–Kier alpha value is -2.89. The zero-order chi connectivity index (χ0) is 20.4. The van der Waals surface area contributed by atoms with Gasteiger partial charge in [-0.25, -0.2) is 4.79 Å². The van der Waals surface area contributed by atoms with Crippen LogP contribution in [0.5, 0.6) is 0 Å². The summed E-state index contributed by atoms with van der Waals surface area (Å²) in [5.41, 5.74) is 3.09. The molecule has 0 fully saturated rings. The average molecular weight is 383 g/mol. The molecule has 0 radical (unpaired) electrons. The fourth-order valence-electron chi connectivity index (χ4n) is 4.14. The lowest BCUT2D eigenvalue weighted by Gasteiger charge is -2.38. The molecular formula is C22H25NO5. The molecule has 0 bridgehead atoms. The van der Waals surface area contributed by atoms with Crippen molar-refractivity contribution in [3.8, 4) is 0 Å². The second kappa shape index (κ2) is 8.00. The molecule has 28 heavy (non-hydrogen) atoms. The Labute approximate surface area is 164 Å². The van der Waals surface area contributed by atoms with E-state index < -0.39 is 23.8 Å². The third-order valence-corrected chi connectivity index (χ3v) is 5.37. The number of hydrogen-bond donors (Lipinski definition) is 1. The molecule has 1 aliphatic heterocycles. The van der Waals surface area contributed by atoms with Crippen LogP contribution in [0, 0.1) is 11.8 Å². The quantitative estimate of drug-likeness (QED) is 0.636. The molecule has 3 rings (SSSR count). The largest absolute Gasteiger partial charge is 0.468 e. The van der Waals surface area contributed by atoms with Crippen LogP contribution in [-0.4, -0.2) is 31.4 Å². The predicted molar refractivity (Wildman–Crippen MR) is 103 cm³/mol. The molecular weight excluding hydrogens is 358 g/mol. The lowest BCUT2D eigenvalue weighted by atomic mass is 9.69. The Morgan fingerprint density at radius 2 is 1.89 bits per heavy atom. The number of methoxy groups -OCH3 is 1. The first-order valence-corrected chi connectivity index (χ1v) is 9.45. The molecule has 0 aromatic heterocycles. The van der Waals surface area contributed by atoms with Crippen molar-refractivity contribution in [2.75, 3.05) is 13.7 Å². The maximum atomic E-state index is 13.4.